The highest BCUT2D eigenvalue weighted by molar-refractivity contribution is 7.91. The molecule has 24 heavy (non-hydrogen) atoms. The summed E-state index contributed by atoms with van der Waals surface area (Å²) >= 11 is 6.30. The van der Waals surface area contributed by atoms with Crippen LogP contribution in [-0.2, 0) is 16.4 Å². The van der Waals surface area contributed by atoms with Crippen molar-refractivity contribution in [3.05, 3.63) is 53.6 Å². The second-order valence-electron chi connectivity index (χ2n) is 5.78. The highest BCUT2D eigenvalue weighted by atomic mass is 35.5. The second-order valence-corrected chi connectivity index (χ2v) is 8.05. The maximum atomic E-state index is 13.0. The van der Waals surface area contributed by atoms with Crippen LogP contribution < -0.4 is 0 Å². The maximum absolute atomic E-state index is 13.0. The Morgan fingerprint density at radius 1 is 1.08 bits per heavy atom. The van der Waals surface area contributed by atoms with Gasteiger partial charge in [0.2, 0.25) is 9.84 Å². The Labute approximate surface area is 146 Å². The minimum Gasteiger partial charge on any atom is -0.308 e. The summed E-state index contributed by atoms with van der Waals surface area (Å²) in [6.07, 6.45) is 0. The number of halogens is 1. The second kappa shape index (κ2) is 6.55. The quantitative estimate of drug-likeness (QED) is 0.699. The van der Waals surface area contributed by atoms with Crippen molar-refractivity contribution < 1.29 is 8.42 Å². The van der Waals surface area contributed by atoms with Crippen LogP contribution in [0.2, 0.25) is 5.02 Å². The van der Waals surface area contributed by atoms with Gasteiger partial charge in [0.15, 0.2) is 5.03 Å². The number of sulfone groups is 1. The van der Waals surface area contributed by atoms with E-state index in [-0.39, 0.29) is 9.92 Å². The van der Waals surface area contributed by atoms with Gasteiger partial charge in [0.25, 0.3) is 0 Å². The zero-order valence-electron chi connectivity index (χ0n) is 13.5. The van der Waals surface area contributed by atoms with Crippen molar-refractivity contribution in [1.82, 2.24) is 14.7 Å². The van der Waals surface area contributed by atoms with Crippen LogP contribution in [-0.4, -0.2) is 43.7 Å². The molecule has 1 heterocycles. The molecule has 1 aromatic heterocycles. The summed E-state index contributed by atoms with van der Waals surface area (Å²) in [4.78, 5) is 2.23. The van der Waals surface area contributed by atoms with Crippen LogP contribution >= 0.6 is 11.6 Å². The lowest BCUT2D eigenvalue weighted by molar-refractivity contribution is 0.375. The molecule has 0 spiro atoms. The van der Waals surface area contributed by atoms with E-state index >= 15 is 0 Å². The summed E-state index contributed by atoms with van der Waals surface area (Å²) in [6.45, 7) is 1.32. The van der Waals surface area contributed by atoms with Crippen molar-refractivity contribution in [3.8, 4) is 0 Å². The third-order valence-electron chi connectivity index (χ3n) is 3.76. The monoisotopic (exact) mass is 363 g/mol. The third kappa shape index (κ3) is 3.05. The lowest BCUT2D eigenvalue weighted by atomic mass is 10.2. The van der Waals surface area contributed by atoms with Crippen molar-refractivity contribution in [3.63, 3.8) is 0 Å². The maximum Gasteiger partial charge on any atom is 0.226 e. The van der Waals surface area contributed by atoms with E-state index in [2.05, 4.69) is 5.10 Å². The van der Waals surface area contributed by atoms with E-state index in [1.54, 1.807) is 47.1 Å². The van der Waals surface area contributed by atoms with Crippen molar-refractivity contribution in [2.24, 2.45) is 0 Å². The van der Waals surface area contributed by atoms with Gasteiger partial charge in [-0.15, -0.1) is 0 Å². The van der Waals surface area contributed by atoms with Crippen LogP contribution in [0.4, 0.5) is 0 Å². The summed E-state index contributed by atoms with van der Waals surface area (Å²) in [6, 6.07) is 13.6. The molecule has 0 saturated heterocycles. The van der Waals surface area contributed by atoms with Gasteiger partial charge < -0.3 is 4.90 Å². The first-order valence-electron chi connectivity index (χ1n) is 7.51. The van der Waals surface area contributed by atoms with Crippen LogP contribution in [0, 0.1) is 0 Å². The Hall–Kier alpha value is -1.89. The molecule has 0 amide bonds. The van der Waals surface area contributed by atoms with E-state index in [0.717, 1.165) is 12.1 Å². The zero-order valence-corrected chi connectivity index (χ0v) is 15.0. The predicted octanol–water partition coefficient (Wildman–Crippen LogP) is 3.08. The molecule has 0 aliphatic rings. The summed E-state index contributed by atoms with van der Waals surface area (Å²) in [5, 5.41) is 5.26. The Bertz CT molecular complexity index is 966. The molecule has 0 atom stereocenters. The smallest absolute Gasteiger partial charge is 0.226 e. The minimum atomic E-state index is -3.74. The summed E-state index contributed by atoms with van der Waals surface area (Å²) in [5.74, 6) is 0. The van der Waals surface area contributed by atoms with Gasteiger partial charge in [-0.25, -0.2) is 8.42 Å². The fraction of sp³-hybridized carbons (Fsp3) is 0.235. The number of likely N-dealkylation sites (N-methyl/N-ethyl adjacent to an activating group) is 1. The molecule has 7 heteroatoms. The molecule has 0 radical (unpaired) electrons. The van der Waals surface area contributed by atoms with Crippen molar-refractivity contribution >= 4 is 32.3 Å². The number of nitrogens with zero attached hydrogens (tertiary/aromatic N) is 3. The van der Waals surface area contributed by atoms with E-state index in [9.17, 15) is 8.42 Å². The highest BCUT2D eigenvalue weighted by Gasteiger charge is 2.26. The highest BCUT2D eigenvalue weighted by Crippen LogP contribution is 2.32. The van der Waals surface area contributed by atoms with Crippen LogP contribution in [0.5, 0.6) is 0 Å². The molecule has 126 valence electrons. The Morgan fingerprint density at radius 2 is 1.79 bits per heavy atom. The zero-order chi connectivity index (χ0) is 17.3. The molecule has 5 nitrogen and oxygen atoms in total. The minimum absolute atomic E-state index is 0.00746. The first-order valence-corrected chi connectivity index (χ1v) is 9.37. The molecule has 0 fully saturated rings. The molecule has 0 unspecified atom stereocenters. The molecule has 0 saturated carbocycles. The van der Waals surface area contributed by atoms with E-state index in [1.165, 1.54) is 0 Å². The van der Waals surface area contributed by atoms with Gasteiger partial charge in [-0.3, -0.25) is 4.68 Å². The lowest BCUT2D eigenvalue weighted by Gasteiger charge is -2.09. The number of hydrogen-bond acceptors (Lipinski definition) is 4. The van der Waals surface area contributed by atoms with Gasteiger partial charge in [-0.2, -0.15) is 5.10 Å². The van der Waals surface area contributed by atoms with Crippen molar-refractivity contribution in [1.29, 1.82) is 0 Å². The molecule has 3 rings (SSSR count). The summed E-state index contributed by atoms with van der Waals surface area (Å²) in [7, 11) is 0.181. The van der Waals surface area contributed by atoms with Crippen LogP contribution in [0.3, 0.4) is 0 Å². The Balaban J connectivity index is 2.21. The number of benzene rings is 2. The number of rotatable bonds is 5. The molecular formula is C17H18ClN3O2S. The number of hydrogen-bond donors (Lipinski definition) is 0. The third-order valence-corrected chi connectivity index (χ3v) is 5.76. The fourth-order valence-electron chi connectivity index (χ4n) is 2.52. The van der Waals surface area contributed by atoms with Crippen molar-refractivity contribution in [2.75, 3.05) is 20.6 Å². The first-order chi connectivity index (χ1) is 11.4. The molecule has 3 aromatic rings. The van der Waals surface area contributed by atoms with E-state index in [1.807, 2.05) is 25.1 Å². The SMILES string of the molecule is CN(C)CCn1nc(S(=O)(=O)c2ccccc2)c2c(Cl)cccc21. The van der Waals surface area contributed by atoms with Gasteiger partial charge in [-0.05, 0) is 38.4 Å². The summed E-state index contributed by atoms with van der Waals surface area (Å²) in [5.41, 5.74) is 0.721. The average molecular weight is 364 g/mol. The number of fused-ring (bicyclic) bond motifs is 1. The molecule has 0 aliphatic carbocycles. The van der Waals surface area contributed by atoms with E-state index < -0.39 is 9.84 Å². The fourth-order valence-corrected chi connectivity index (χ4v) is 4.26. The van der Waals surface area contributed by atoms with Crippen molar-refractivity contribution in [2.45, 2.75) is 16.5 Å². The van der Waals surface area contributed by atoms with Crippen LogP contribution in [0.1, 0.15) is 0 Å². The summed E-state index contributed by atoms with van der Waals surface area (Å²) < 4.78 is 27.7. The van der Waals surface area contributed by atoms with Crippen LogP contribution in [0.15, 0.2) is 58.5 Å². The van der Waals surface area contributed by atoms with Gasteiger partial charge >= 0.3 is 0 Å². The van der Waals surface area contributed by atoms with E-state index in [4.69, 9.17) is 11.6 Å². The molecule has 0 aliphatic heterocycles. The standard InChI is InChI=1S/C17H18ClN3O2S/c1-20(2)11-12-21-15-10-6-9-14(18)16(15)17(19-21)24(22,23)13-7-4-3-5-8-13/h3-10H,11-12H2,1-2H3. The Morgan fingerprint density at radius 3 is 2.46 bits per heavy atom. The van der Waals surface area contributed by atoms with Gasteiger partial charge in [0.05, 0.1) is 27.4 Å². The number of aromatic nitrogens is 2. The first kappa shape index (κ1) is 17.0. The average Bonchev–Trinajstić information content (AvgIpc) is 2.95. The largest absolute Gasteiger partial charge is 0.308 e. The molecular weight excluding hydrogens is 346 g/mol. The van der Waals surface area contributed by atoms with Gasteiger partial charge in [0.1, 0.15) is 0 Å². The molecule has 0 N–H and O–H groups in total. The molecule has 2 aromatic carbocycles. The Kier molecular flexibility index (Phi) is 4.62. The predicted molar refractivity (Wildman–Crippen MR) is 95.2 cm³/mol. The lowest BCUT2D eigenvalue weighted by Crippen LogP contribution is -2.19. The van der Waals surface area contributed by atoms with Gasteiger partial charge in [0, 0.05) is 6.54 Å². The normalized spacial score (nSPS) is 12.2. The van der Waals surface area contributed by atoms with Gasteiger partial charge in [-0.1, -0.05) is 35.9 Å². The topological polar surface area (TPSA) is 55.2 Å². The van der Waals surface area contributed by atoms with Crippen LogP contribution in [0.25, 0.3) is 10.9 Å². The molecule has 0 bridgehead atoms. The van der Waals surface area contributed by atoms with E-state index in [0.29, 0.717) is 17.0 Å².